The van der Waals surface area contributed by atoms with E-state index in [1.54, 1.807) is 23.9 Å². The van der Waals surface area contributed by atoms with Gasteiger partial charge in [0.1, 0.15) is 11.6 Å². The van der Waals surface area contributed by atoms with E-state index < -0.39 is 0 Å². The highest BCUT2D eigenvalue weighted by molar-refractivity contribution is 7.98. The second kappa shape index (κ2) is 7.17. The molecule has 5 nitrogen and oxygen atoms in total. The molecule has 0 saturated heterocycles. The topological polar surface area (TPSA) is 81.0 Å². The Morgan fingerprint density at radius 2 is 2.14 bits per heavy atom. The zero-order valence-corrected chi connectivity index (χ0v) is 13.0. The summed E-state index contributed by atoms with van der Waals surface area (Å²) in [5.41, 5.74) is 7.78. The molecule has 0 spiro atoms. The van der Waals surface area contributed by atoms with Crippen LogP contribution in [0.1, 0.15) is 19.7 Å². The summed E-state index contributed by atoms with van der Waals surface area (Å²) in [4.78, 5) is 19.0. The number of rotatable bonds is 6. The first-order valence-electron chi connectivity index (χ1n) is 6.84. The average Bonchev–Trinajstić information content (AvgIpc) is 2.47. The largest absolute Gasteiger partial charge is 0.492 e. The van der Waals surface area contributed by atoms with Crippen molar-refractivity contribution < 1.29 is 4.74 Å². The van der Waals surface area contributed by atoms with Crippen molar-refractivity contribution in [2.24, 2.45) is 0 Å². The van der Waals surface area contributed by atoms with Gasteiger partial charge in [0.25, 0.3) is 5.56 Å². The lowest BCUT2D eigenvalue weighted by Gasteiger charge is -2.09. The van der Waals surface area contributed by atoms with Gasteiger partial charge in [-0.3, -0.25) is 4.79 Å². The fourth-order valence-electron chi connectivity index (χ4n) is 1.92. The minimum atomic E-state index is -0.154. The first-order valence-corrected chi connectivity index (χ1v) is 8.00. The second-order valence-corrected chi connectivity index (χ2v) is 5.67. The van der Waals surface area contributed by atoms with Gasteiger partial charge in [-0.25, -0.2) is 4.98 Å². The van der Waals surface area contributed by atoms with Crippen LogP contribution in [0.5, 0.6) is 5.75 Å². The van der Waals surface area contributed by atoms with Crippen LogP contribution >= 0.6 is 11.8 Å². The minimum Gasteiger partial charge on any atom is -0.492 e. The fourth-order valence-corrected chi connectivity index (χ4v) is 2.45. The molecule has 21 heavy (non-hydrogen) atoms. The van der Waals surface area contributed by atoms with Crippen molar-refractivity contribution in [3.05, 3.63) is 40.4 Å². The molecule has 1 aromatic carbocycles. The zero-order chi connectivity index (χ0) is 15.2. The molecule has 0 radical (unpaired) electrons. The van der Waals surface area contributed by atoms with Crippen LogP contribution in [-0.2, 0) is 5.75 Å². The molecule has 6 heteroatoms. The number of hydrogen-bond donors (Lipinski definition) is 2. The molecule has 0 aliphatic rings. The Morgan fingerprint density at radius 3 is 2.81 bits per heavy atom. The van der Waals surface area contributed by atoms with Gasteiger partial charge in [-0.1, -0.05) is 6.92 Å². The predicted octanol–water partition coefficient (Wildman–Crippen LogP) is 2.67. The molecule has 3 N–H and O–H groups in total. The van der Waals surface area contributed by atoms with Crippen molar-refractivity contribution in [3.8, 4) is 17.0 Å². The second-order valence-electron chi connectivity index (χ2n) is 4.40. The van der Waals surface area contributed by atoms with Gasteiger partial charge in [0.05, 0.1) is 23.7 Å². The number of benzene rings is 1. The van der Waals surface area contributed by atoms with E-state index in [2.05, 4.69) is 16.9 Å². The fraction of sp³-hybridized carbons (Fsp3) is 0.333. The lowest BCUT2D eigenvalue weighted by Crippen LogP contribution is -2.10. The number of nitrogens with zero attached hydrogens (tertiary/aromatic N) is 1. The van der Waals surface area contributed by atoms with Gasteiger partial charge in [-0.15, -0.1) is 0 Å². The third-order valence-electron chi connectivity index (χ3n) is 2.84. The predicted molar refractivity (Wildman–Crippen MR) is 87.7 cm³/mol. The van der Waals surface area contributed by atoms with E-state index in [0.717, 1.165) is 11.3 Å². The van der Waals surface area contributed by atoms with Gasteiger partial charge in [-0.2, -0.15) is 11.8 Å². The molecule has 0 saturated carbocycles. The normalized spacial score (nSPS) is 10.6. The Labute approximate surface area is 127 Å². The quantitative estimate of drug-likeness (QED) is 0.802. The van der Waals surface area contributed by atoms with Crippen molar-refractivity contribution in [3.63, 3.8) is 0 Å². The summed E-state index contributed by atoms with van der Waals surface area (Å²) in [7, 11) is 0. The highest BCUT2D eigenvalue weighted by atomic mass is 32.2. The van der Waals surface area contributed by atoms with Crippen molar-refractivity contribution in [2.45, 2.75) is 19.6 Å². The number of thioether (sulfide) groups is 1. The molecule has 0 bridgehead atoms. The summed E-state index contributed by atoms with van der Waals surface area (Å²) in [6.45, 7) is 4.54. The Hall–Kier alpha value is -1.95. The van der Waals surface area contributed by atoms with Crippen molar-refractivity contribution >= 4 is 17.4 Å². The van der Waals surface area contributed by atoms with Gasteiger partial charge < -0.3 is 15.5 Å². The zero-order valence-electron chi connectivity index (χ0n) is 12.2. The molecular weight excluding hydrogens is 286 g/mol. The summed E-state index contributed by atoms with van der Waals surface area (Å²) in [5.74, 6) is 2.99. The van der Waals surface area contributed by atoms with Crippen molar-refractivity contribution in [1.29, 1.82) is 0 Å². The van der Waals surface area contributed by atoms with E-state index in [9.17, 15) is 4.79 Å². The summed E-state index contributed by atoms with van der Waals surface area (Å²) in [5, 5.41) is 0. The summed E-state index contributed by atoms with van der Waals surface area (Å²) in [6.07, 6.45) is 0. The van der Waals surface area contributed by atoms with Gasteiger partial charge in [0.15, 0.2) is 0 Å². The molecule has 2 rings (SSSR count). The van der Waals surface area contributed by atoms with Crippen LogP contribution in [0.15, 0.2) is 29.1 Å². The van der Waals surface area contributed by atoms with Crippen LogP contribution in [0.25, 0.3) is 11.3 Å². The summed E-state index contributed by atoms with van der Waals surface area (Å²) in [6, 6.07) is 6.93. The molecule has 1 aromatic heterocycles. The number of nitrogens with one attached hydrogen (secondary N) is 1. The molecule has 1 heterocycles. The van der Waals surface area contributed by atoms with E-state index >= 15 is 0 Å². The standard InChI is InChI=1S/C15H19N3O2S/c1-3-20-13-6-5-10(7-11(13)16)12-8-15(19)18-14(17-12)9-21-4-2/h5-8H,3-4,9,16H2,1-2H3,(H,17,18,19). The number of hydrogen-bond acceptors (Lipinski definition) is 5. The number of aromatic nitrogens is 2. The Bertz CT molecular complexity index is 670. The first-order chi connectivity index (χ1) is 10.1. The van der Waals surface area contributed by atoms with Crippen LogP contribution < -0.4 is 16.0 Å². The Kier molecular flexibility index (Phi) is 5.27. The lowest BCUT2D eigenvalue weighted by atomic mass is 10.1. The highest BCUT2D eigenvalue weighted by Gasteiger charge is 2.07. The molecule has 0 aliphatic heterocycles. The van der Waals surface area contributed by atoms with Crippen LogP contribution in [0.3, 0.4) is 0 Å². The maximum atomic E-state index is 11.7. The molecular formula is C15H19N3O2S. The monoisotopic (exact) mass is 305 g/mol. The molecule has 0 atom stereocenters. The van der Waals surface area contributed by atoms with Crippen LogP contribution in [0, 0.1) is 0 Å². The number of anilines is 1. The van der Waals surface area contributed by atoms with Gasteiger partial charge in [0.2, 0.25) is 0 Å². The smallest absolute Gasteiger partial charge is 0.251 e. The molecule has 0 amide bonds. The first kappa shape index (κ1) is 15.4. The van der Waals surface area contributed by atoms with E-state index in [0.29, 0.717) is 35.3 Å². The molecule has 0 fully saturated rings. The van der Waals surface area contributed by atoms with E-state index in [1.165, 1.54) is 6.07 Å². The molecule has 2 aromatic rings. The van der Waals surface area contributed by atoms with Gasteiger partial charge in [-0.05, 0) is 30.9 Å². The maximum absolute atomic E-state index is 11.7. The number of nitrogens with two attached hydrogens (primary N) is 1. The number of aromatic amines is 1. The van der Waals surface area contributed by atoms with Crippen LogP contribution in [-0.4, -0.2) is 22.3 Å². The third kappa shape index (κ3) is 4.01. The highest BCUT2D eigenvalue weighted by Crippen LogP contribution is 2.27. The molecule has 112 valence electrons. The van der Waals surface area contributed by atoms with E-state index in [1.807, 2.05) is 13.0 Å². The van der Waals surface area contributed by atoms with Gasteiger partial charge in [0, 0.05) is 11.6 Å². The van der Waals surface area contributed by atoms with Gasteiger partial charge >= 0.3 is 0 Å². The lowest BCUT2D eigenvalue weighted by molar-refractivity contribution is 0.342. The van der Waals surface area contributed by atoms with Crippen LogP contribution in [0.4, 0.5) is 5.69 Å². The van der Waals surface area contributed by atoms with Crippen LogP contribution in [0.2, 0.25) is 0 Å². The SMILES string of the molecule is CCOc1ccc(-c2cc(=O)[nH]c(CSCC)n2)cc1N. The number of nitrogen functional groups attached to an aromatic ring is 1. The maximum Gasteiger partial charge on any atom is 0.251 e. The van der Waals surface area contributed by atoms with Crippen molar-refractivity contribution in [2.75, 3.05) is 18.1 Å². The average molecular weight is 305 g/mol. The summed E-state index contributed by atoms with van der Waals surface area (Å²) < 4.78 is 5.41. The Morgan fingerprint density at radius 1 is 1.33 bits per heavy atom. The Balaban J connectivity index is 2.35. The van der Waals surface area contributed by atoms with Crippen molar-refractivity contribution in [1.82, 2.24) is 9.97 Å². The third-order valence-corrected chi connectivity index (χ3v) is 3.72. The number of ether oxygens (including phenoxy) is 1. The van der Waals surface area contributed by atoms with E-state index in [4.69, 9.17) is 10.5 Å². The molecule has 0 aliphatic carbocycles. The summed E-state index contributed by atoms with van der Waals surface area (Å²) >= 11 is 1.71. The molecule has 0 unspecified atom stereocenters. The minimum absolute atomic E-state index is 0.154. The number of H-pyrrole nitrogens is 1. The van der Waals surface area contributed by atoms with E-state index in [-0.39, 0.29) is 5.56 Å².